The van der Waals surface area contributed by atoms with Gasteiger partial charge in [0.15, 0.2) is 5.76 Å². The van der Waals surface area contributed by atoms with Crippen molar-refractivity contribution in [3.63, 3.8) is 0 Å². The van der Waals surface area contributed by atoms with Gasteiger partial charge in [0, 0.05) is 18.9 Å². The predicted molar refractivity (Wildman–Crippen MR) is 64.8 cm³/mol. The molecule has 1 aromatic rings. The van der Waals surface area contributed by atoms with Crippen molar-refractivity contribution in [3.05, 3.63) is 23.7 Å². The van der Waals surface area contributed by atoms with E-state index in [1.54, 1.807) is 23.9 Å². The maximum absolute atomic E-state index is 11.5. The van der Waals surface area contributed by atoms with Crippen LogP contribution in [0.25, 0.3) is 0 Å². The van der Waals surface area contributed by atoms with Crippen LogP contribution in [0.3, 0.4) is 0 Å². The number of amides is 1. The van der Waals surface area contributed by atoms with Gasteiger partial charge in [0.1, 0.15) is 5.76 Å². The molecule has 0 unspecified atom stereocenters. The number of rotatable bonds is 7. The number of carbonyl (C=O) groups excluding carboxylic acids is 1. The van der Waals surface area contributed by atoms with E-state index in [2.05, 4.69) is 5.32 Å². The van der Waals surface area contributed by atoms with Crippen molar-refractivity contribution in [2.75, 3.05) is 24.7 Å². The van der Waals surface area contributed by atoms with Gasteiger partial charge >= 0.3 is 0 Å². The summed E-state index contributed by atoms with van der Waals surface area (Å²) in [5.41, 5.74) is 0. The molecule has 1 heterocycles. The monoisotopic (exact) mass is 243 g/mol. The van der Waals surface area contributed by atoms with Crippen molar-refractivity contribution in [1.29, 1.82) is 0 Å². The van der Waals surface area contributed by atoms with Gasteiger partial charge in [-0.1, -0.05) is 0 Å². The van der Waals surface area contributed by atoms with Crippen LogP contribution in [0.1, 0.15) is 22.7 Å². The molecule has 0 saturated carbocycles. The molecule has 1 rings (SSSR count). The fraction of sp³-hybridized carbons (Fsp3) is 0.545. The summed E-state index contributed by atoms with van der Waals surface area (Å²) >= 11 is 1.71. The van der Waals surface area contributed by atoms with Crippen LogP contribution in [0, 0.1) is 6.92 Å². The lowest BCUT2D eigenvalue weighted by atomic mass is 10.4. The van der Waals surface area contributed by atoms with E-state index in [1.807, 2.05) is 6.92 Å². The topological polar surface area (TPSA) is 62.5 Å². The molecule has 0 aliphatic carbocycles. The zero-order valence-electron chi connectivity index (χ0n) is 9.36. The molecular formula is C11H17NO3S. The Morgan fingerprint density at radius 2 is 2.31 bits per heavy atom. The largest absolute Gasteiger partial charge is 0.456 e. The molecule has 0 aliphatic heterocycles. The average Bonchev–Trinajstić information content (AvgIpc) is 2.70. The van der Waals surface area contributed by atoms with Crippen LogP contribution in [0.2, 0.25) is 0 Å². The molecule has 2 N–H and O–H groups in total. The van der Waals surface area contributed by atoms with Gasteiger partial charge < -0.3 is 14.8 Å². The molecule has 0 aliphatic rings. The first-order valence-electron chi connectivity index (χ1n) is 5.27. The lowest BCUT2D eigenvalue weighted by Gasteiger charge is -2.02. The quantitative estimate of drug-likeness (QED) is 0.711. The van der Waals surface area contributed by atoms with E-state index in [0.29, 0.717) is 12.3 Å². The van der Waals surface area contributed by atoms with E-state index in [0.717, 1.165) is 23.7 Å². The highest BCUT2D eigenvalue weighted by Gasteiger charge is 2.08. The second-order valence-corrected chi connectivity index (χ2v) is 4.58. The number of aryl methyl sites for hydroxylation is 1. The molecule has 0 saturated heterocycles. The maximum Gasteiger partial charge on any atom is 0.287 e. The molecule has 1 aromatic heterocycles. The second kappa shape index (κ2) is 7.35. The van der Waals surface area contributed by atoms with Gasteiger partial charge in [-0.25, -0.2) is 0 Å². The van der Waals surface area contributed by atoms with E-state index >= 15 is 0 Å². The normalized spacial score (nSPS) is 10.4. The standard InChI is InChI=1S/C11H17NO3S/c1-9-3-4-10(15-9)11(14)12-5-8-16-7-2-6-13/h3-4,13H,2,5-8H2,1H3,(H,12,14). The average molecular weight is 243 g/mol. The summed E-state index contributed by atoms with van der Waals surface area (Å²) in [6.45, 7) is 2.65. The number of hydrogen-bond acceptors (Lipinski definition) is 4. The smallest absolute Gasteiger partial charge is 0.287 e. The highest BCUT2D eigenvalue weighted by Crippen LogP contribution is 2.06. The summed E-state index contributed by atoms with van der Waals surface area (Å²) < 4.78 is 5.19. The lowest BCUT2D eigenvalue weighted by Crippen LogP contribution is -2.25. The molecule has 0 fully saturated rings. The Bertz CT molecular complexity index is 325. The molecule has 1 amide bonds. The van der Waals surface area contributed by atoms with Crippen molar-refractivity contribution < 1.29 is 14.3 Å². The number of hydrogen-bond donors (Lipinski definition) is 2. The van der Waals surface area contributed by atoms with E-state index in [9.17, 15) is 4.79 Å². The molecule has 90 valence electrons. The molecule has 0 atom stereocenters. The lowest BCUT2D eigenvalue weighted by molar-refractivity contribution is 0.0927. The van der Waals surface area contributed by atoms with Crippen molar-refractivity contribution in [3.8, 4) is 0 Å². The third kappa shape index (κ3) is 4.72. The third-order valence-electron chi connectivity index (χ3n) is 1.94. The van der Waals surface area contributed by atoms with E-state index < -0.39 is 0 Å². The van der Waals surface area contributed by atoms with Crippen LogP contribution >= 0.6 is 11.8 Å². The summed E-state index contributed by atoms with van der Waals surface area (Å²) in [6, 6.07) is 3.44. The third-order valence-corrected chi connectivity index (χ3v) is 3.01. The first-order chi connectivity index (χ1) is 7.74. The molecule has 0 radical (unpaired) electrons. The zero-order chi connectivity index (χ0) is 11.8. The summed E-state index contributed by atoms with van der Waals surface area (Å²) in [5, 5.41) is 11.3. The Morgan fingerprint density at radius 1 is 1.50 bits per heavy atom. The minimum Gasteiger partial charge on any atom is -0.456 e. The minimum atomic E-state index is -0.171. The first kappa shape index (κ1) is 13.1. The molecule has 0 bridgehead atoms. The summed E-state index contributed by atoms with van der Waals surface area (Å²) in [5.74, 6) is 2.70. The SMILES string of the molecule is Cc1ccc(C(=O)NCCSCCCO)o1. The molecule has 0 aromatic carbocycles. The number of carbonyl (C=O) groups is 1. The van der Waals surface area contributed by atoms with Gasteiger partial charge in [0.25, 0.3) is 5.91 Å². The first-order valence-corrected chi connectivity index (χ1v) is 6.42. The van der Waals surface area contributed by atoms with Crippen LogP contribution < -0.4 is 5.32 Å². The van der Waals surface area contributed by atoms with E-state index in [-0.39, 0.29) is 12.5 Å². The van der Waals surface area contributed by atoms with Crippen LogP contribution in [0.5, 0.6) is 0 Å². The van der Waals surface area contributed by atoms with Crippen molar-refractivity contribution in [2.24, 2.45) is 0 Å². The van der Waals surface area contributed by atoms with Gasteiger partial charge in [0.05, 0.1) is 0 Å². The number of furan rings is 1. The van der Waals surface area contributed by atoms with Crippen LogP contribution in [-0.2, 0) is 0 Å². The van der Waals surface area contributed by atoms with Crippen LogP contribution in [0.15, 0.2) is 16.5 Å². The Hall–Kier alpha value is -0.940. The number of nitrogens with one attached hydrogen (secondary N) is 1. The Labute approximate surface area is 99.4 Å². The van der Waals surface area contributed by atoms with Crippen molar-refractivity contribution in [2.45, 2.75) is 13.3 Å². The summed E-state index contributed by atoms with van der Waals surface area (Å²) in [4.78, 5) is 11.5. The molecule has 0 spiro atoms. The highest BCUT2D eigenvalue weighted by molar-refractivity contribution is 7.99. The summed E-state index contributed by atoms with van der Waals surface area (Å²) in [6.07, 6.45) is 0.802. The van der Waals surface area contributed by atoms with Crippen molar-refractivity contribution in [1.82, 2.24) is 5.32 Å². The molecule has 5 heteroatoms. The van der Waals surface area contributed by atoms with E-state index in [4.69, 9.17) is 9.52 Å². The van der Waals surface area contributed by atoms with E-state index in [1.165, 1.54) is 0 Å². The van der Waals surface area contributed by atoms with Gasteiger partial charge in [-0.05, 0) is 31.2 Å². The fourth-order valence-corrected chi connectivity index (χ4v) is 1.93. The predicted octanol–water partition coefficient (Wildman–Crippen LogP) is 1.43. The number of aliphatic hydroxyl groups excluding tert-OH is 1. The zero-order valence-corrected chi connectivity index (χ0v) is 10.2. The Kier molecular flexibility index (Phi) is 6.03. The fourth-order valence-electron chi connectivity index (χ4n) is 1.15. The maximum atomic E-state index is 11.5. The number of aliphatic hydroxyl groups is 1. The van der Waals surface area contributed by atoms with Gasteiger partial charge in [-0.2, -0.15) is 11.8 Å². The second-order valence-electron chi connectivity index (χ2n) is 3.36. The van der Waals surface area contributed by atoms with Gasteiger partial charge in [0.2, 0.25) is 0 Å². The van der Waals surface area contributed by atoms with Crippen LogP contribution in [-0.4, -0.2) is 35.7 Å². The van der Waals surface area contributed by atoms with Crippen molar-refractivity contribution >= 4 is 17.7 Å². The Balaban J connectivity index is 2.11. The molecule has 16 heavy (non-hydrogen) atoms. The number of thioether (sulfide) groups is 1. The highest BCUT2D eigenvalue weighted by atomic mass is 32.2. The van der Waals surface area contributed by atoms with Gasteiger partial charge in [-0.3, -0.25) is 4.79 Å². The molecular weight excluding hydrogens is 226 g/mol. The minimum absolute atomic E-state index is 0.171. The summed E-state index contributed by atoms with van der Waals surface area (Å²) in [7, 11) is 0. The Morgan fingerprint density at radius 3 is 2.94 bits per heavy atom. The molecule has 4 nitrogen and oxygen atoms in total. The van der Waals surface area contributed by atoms with Crippen LogP contribution in [0.4, 0.5) is 0 Å². The van der Waals surface area contributed by atoms with Gasteiger partial charge in [-0.15, -0.1) is 0 Å².